The first-order chi connectivity index (χ1) is 6.75. The van der Waals surface area contributed by atoms with Gasteiger partial charge in [-0.15, -0.1) is 0 Å². The van der Waals surface area contributed by atoms with Gasteiger partial charge in [0.1, 0.15) is 0 Å². The number of rotatable bonds is 2. The van der Waals surface area contributed by atoms with Crippen molar-refractivity contribution in [3.63, 3.8) is 0 Å². The van der Waals surface area contributed by atoms with Gasteiger partial charge in [0.2, 0.25) is 5.91 Å². The highest BCUT2D eigenvalue weighted by Gasteiger charge is 2.28. The van der Waals surface area contributed by atoms with Gasteiger partial charge in [-0.3, -0.25) is 4.79 Å². The van der Waals surface area contributed by atoms with Crippen LogP contribution < -0.4 is 5.32 Å². The summed E-state index contributed by atoms with van der Waals surface area (Å²) in [7, 11) is 0. The van der Waals surface area contributed by atoms with Crippen LogP contribution in [0, 0.1) is 5.92 Å². The highest BCUT2D eigenvalue weighted by Crippen LogP contribution is 2.19. The van der Waals surface area contributed by atoms with Gasteiger partial charge in [0, 0.05) is 12.0 Å². The van der Waals surface area contributed by atoms with E-state index in [0.29, 0.717) is 6.04 Å². The van der Waals surface area contributed by atoms with Crippen molar-refractivity contribution >= 4 is 5.91 Å². The third-order valence-electron chi connectivity index (χ3n) is 2.72. The summed E-state index contributed by atoms with van der Waals surface area (Å²) in [4.78, 5) is 11.5. The molecule has 1 aliphatic rings. The fraction of sp³-hybridized carbons (Fsp3) is 0.417. The Labute approximate surface area is 84.3 Å². The van der Waals surface area contributed by atoms with Crippen LogP contribution in [0.2, 0.25) is 0 Å². The molecule has 1 amide bonds. The molecule has 1 saturated heterocycles. The van der Waals surface area contributed by atoms with Gasteiger partial charge in [-0.2, -0.15) is 0 Å². The largest absolute Gasteiger partial charge is 0.353 e. The predicted octanol–water partition coefficient (Wildman–Crippen LogP) is 1.75. The maximum absolute atomic E-state index is 11.5. The third-order valence-corrected chi connectivity index (χ3v) is 2.72. The van der Waals surface area contributed by atoms with Crippen molar-refractivity contribution in [2.75, 3.05) is 0 Å². The summed E-state index contributed by atoms with van der Waals surface area (Å²) in [5.41, 5.74) is 1.25. The zero-order chi connectivity index (χ0) is 9.97. The minimum absolute atomic E-state index is 0.174. The van der Waals surface area contributed by atoms with Crippen LogP contribution >= 0.6 is 0 Å². The number of hydrogen-bond donors (Lipinski definition) is 1. The first-order valence-corrected chi connectivity index (χ1v) is 5.10. The summed E-state index contributed by atoms with van der Waals surface area (Å²) in [6, 6.07) is 10.5. The van der Waals surface area contributed by atoms with E-state index in [2.05, 4.69) is 24.4 Å². The number of nitrogens with one attached hydrogen (secondary N) is 1. The predicted molar refractivity (Wildman–Crippen MR) is 55.9 cm³/mol. The quantitative estimate of drug-likeness (QED) is 0.754. The molecule has 0 radical (unpaired) electrons. The molecule has 74 valence electrons. The van der Waals surface area contributed by atoms with Crippen LogP contribution in [0.25, 0.3) is 0 Å². The smallest absolute Gasteiger partial charge is 0.223 e. The number of benzene rings is 1. The second kappa shape index (κ2) is 3.82. The average Bonchev–Trinajstić information content (AvgIpc) is 2.47. The van der Waals surface area contributed by atoms with Gasteiger partial charge < -0.3 is 5.32 Å². The van der Waals surface area contributed by atoms with Crippen LogP contribution in [0.4, 0.5) is 0 Å². The van der Waals surface area contributed by atoms with E-state index in [4.69, 9.17) is 0 Å². The highest BCUT2D eigenvalue weighted by atomic mass is 16.2. The maximum atomic E-state index is 11.5. The van der Waals surface area contributed by atoms with Crippen LogP contribution in [0.5, 0.6) is 0 Å². The highest BCUT2D eigenvalue weighted by molar-refractivity contribution is 5.81. The molecule has 0 spiro atoms. The molecule has 1 heterocycles. The summed E-state index contributed by atoms with van der Waals surface area (Å²) in [5, 5.41) is 2.95. The van der Waals surface area contributed by atoms with Crippen LogP contribution in [0.15, 0.2) is 30.3 Å². The molecule has 2 atom stereocenters. The first-order valence-electron chi connectivity index (χ1n) is 5.10. The fourth-order valence-corrected chi connectivity index (χ4v) is 2.03. The number of amides is 1. The van der Waals surface area contributed by atoms with E-state index in [0.717, 1.165) is 12.8 Å². The molecule has 2 rings (SSSR count). The number of carbonyl (C=O) groups is 1. The van der Waals surface area contributed by atoms with E-state index in [9.17, 15) is 4.79 Å². The SMILES string of the molecule is CC1CC(Cc2ccccc2)C(=O)N1. The minimum Gasteiger partial charge on any atom is -0.353 e. The Balaban J connectivity index is 2.02. The molecule has 0 saturated carbocycles. The van der Waals surface area contributed by atoms with Crippen LogP contribution in [0.1, 0.15) is 18.9 Å². The summed E-state index contributed by atoms with van der Waals surface area (Å²) >= 11 is 0. The fourth-order valence-electron chi connectivity index (χ4n) is 2.03. The molecular formula is C12H15NO. The second-order valence-electron chi connectivity index (χ2n) is 4.03. The molecular weight excluding hydrogens is 174 g/mol. The molecule has 2 unspecified atom stereocenters. The number of carbonyl (C=O) groups excluding carboxylic acids is 1. The van der Waals surface area contributed by atoms with Crippen molar-refractivity contribution in [3.8, 4) is 0 Å². The van der Waals surface area contributed by atoms with E-state index in [1.54, 1.807) is 0 Å². The lowest BCUT2D eigenvalue weighted by molar-refractivity contribution is -0.122. The first kappa shape index (κ1) is 9.25. The molecule has 2 nitrogen and oxygen atoms in total. The lowest BCUT2D eigenvalue weighted by Gasteiger charge is -2.05. The van der Waals surface area contributed by atoms with Gasteiger partial charge in [0.05, 0.1) is 0 Å². The molecule has 2 heteroatoms. The summed E-state index contributed by atoms with van der Waals surface area (Å²) in [6.45, 7) is 2.06. The van der Waals surface area contributed by atoms with Gasteiger partial charge in [-0.1, -0.05) is 30.3 Å². The molecule has 0 aliphatic carbocycles. The van der Waals surface area contributed by atoms with E-state index in [1.165, 1.54) is 5.56 Å². The van der Waals surface area contributed by atoms with E-state index < -0.39 is 0 Å². The van der Waals surface area contributed by atoms with E-state index >= 15 is 0 Å². The number of hydrogen-bond acceptors (Lipinski definition) is 1. The minimum atomic E-state index is 0.174. The lowest BCUT2D eigenvalue weighted by Crippen LogP contribution is -2.24. The Morgan fingerprint density at radius 1 is 1.36 bits per heavy atom. The van der Waals surface area contributed by atoms with Crippen molar-refractivity contribution in [1.29, 1.82) is 0 Å². The second-order valence-corrected chi connectivity index (χ2v) is 4.03. The normalized spacial score (nSPS) is 26.2. The van der Waals surface area contributed by atoms with Gasteiger partial charge >= 0.3 is 0 Å². The summed E-state index contributed by atoms with van der Waals surface area (Å²) in [6.07, 6.45) is 1.84. The molecule has 0 aromatic heterocycles. The molecule has 1 N–H and O–H groups in total. The molecule has 1 fully saturated rings. The van der Waals surface area contributed by atoms with Crippen molar-refractivity contribution in [3.05, 3.63) is 35.9 Å². The molecule has 14 heavy (non-hydrogen) atoms. The topological polar surface area (TPSA) is 29.1 Å². The Morgan fingerprint density at radius 2 is 2.07 bits per heavy atom. The van der Waals surface area contributed by atoms with Gasteiger partial charge in [0.25, 0.3) is 0 Å². The maximum Gasteiger partial charge on any atom is 0.223 e. The zero-order valence-corrected chi connectivity index (χ0v) is 8.36. The monoisotopic (exact) mass is 189 g/mol. The standard InChI is InChI=1S/C12H15NO/c1-9-7-11(12(14)13-9)8-10-5-3-2-4-6-10/h2-6,9,11H,7-8H2,1H3,(H,13,14). The Kier molecular flexibility index (Phi) is 2.53. The van der Waals surface area contributed by atoms with Crippen molar-refractivity contribution in [1.82, 2.24) is 5.32 Å². The summed E-state index contributed by atoms with van der Waals surface area (Å²) < 4.78 is 0. The molecule has 1 aliphatic heterocycles. The molecule has 1 aromatic carbocycles. The van der Waals surface area contributed by atoms with E-state index in [1.807, 2.05) is 18.2 Å². The van der Waals surface area contributed by atoms with E-state index in [-0.39, 0.29) is 11.8 Å². The van der Waals surface area contributed by atoms with Gasteiger partial charge in [-0.25, -0.2) is 0 Å². The van der Waals surface area contributed by atoms with Crippen LogP contribution in [-0.4, -0.2) is 11.9 Å². The van der Waals surface area contributed by atoms with Crippen LogP contribution in [-0.2, 0) is 11.2 Å². The Hall–Kier alpha value is -1.31. The average molecular weight is 189 g/mol. The lowest BCUT2D eigenvalue weighted by atomic mass is 9.97. The molecule has 1 aromatic rings. The zero-order valence-electron chi connectivity index (χ0n) is 8.36. The van der Waals surface area contributed by atoms with Crippen LogP contribution in [0.3, 0.4) is 0 Å². The molecule has 0 bridgehead atoms. The van der Waals surface area contributed by atoms with Gasteiger partial charge in [-0.05, 0) is 25.3 Å². The Morgan fingerprint density at radius 3 is 2.64 bits per heavy atom. The van der Waals surface area contributed by atoms with Gasteiger partial charge in [0.15, 0.2) is 0 Å². The van der Waals surface area contributed by atoms with Crippen molar-refractivity contribution in [2.24, 2.45) is 5.92 Å². The summed E-state index contributed by atoms with van der Waals surface area (Å²) in [5.74, 6) is 0.383. The van der Waals surface area contributed by atoms with Crippen molar-refractivity contribution < 1.29 is 4.79 Å². The Bertz CT molecular complexity index is 320. The third kappa shape index (κ3) is 1.95. The van der Waals surface area contributed by atoms with Crippen molar-refractivity contribution in [2.45, 2.75) is 25.8 Å².